The van der Waals surface area contributed by atoms with E-state index in [1.807, 2.05) is 20.8 Å². The summed E-state index contributed by atoms with van der Waals surface area (Å²) in [5.74, 6) is -0.0543. The highest BCUT2D eigenvalue weighted by molar-refractivity contribution is 6.31. The number of hydrogen-bond acceptors (Lipinski definition) is 2. The Morgan fingerprint density at radius 1 is 1.37 bits per heavy atom. The van der Waals surface area contributed by atoms with E-state index in [4.69, 9.17) is 11.6 Å². The van der Waals surface area contributed by atoms with E-state index in [0.29, 0.717) is 5.69 Å². The van der Waals surface area contributed by atoms with Crippen LogP contribution < -0.4 is 5.32 Å². The topological polar surface area (TPSA) is 24.9 Å². The molecule has 0 bridgehead atoms. The molecule has 0 saturated heterocycles. The molecule has 1 aromatic heterocycles. The molecule has 2 nitrogen and oxygen atoms in total. The second-order valence-electron chi connectivity index (χ2n) is 4.62. The van der Waals surface area contributed by atoms with Crippen molar-refractivity contribution in [2.45, 2.75) is 45.3 Å². The Hall–Kier alpha value is -0.810. The lowest BCUT2D eigenvalue weighted by molar-refractivity contribution is -0.137. The third-order valence-electron chi connectivity index (χ3n) is 3.09. The highest BCUT2D eigenvalue weighted by Crippen LogP contribution is 2.33. The van der Waals surface area contributed by atoms with Gasteiger partial charge in [-0.15, -0.1) is 0 Å². The lowest BCUT2D eigenvalue weighted by Gasteiger charge is -2.22. The van der Waals surface area contributed by atoms with E-state index in [0.717, 1.165) is 25.2 Å². The number of aromatic nitrogens is 1. The van der Waals surface area contributed by atoms with Crippen molar-refractivity contribution in [1.82, 2.24) is 10.3 Å². The monoisotopic (exact) mass is 294 g/mol. The molecule has 0 aliphatic carbocycles. The van der Waals surface area contributed by atoms with Crippen molar-refractivity contribution in [3.8, 4) is 0 Å². The van der Waals surface area contributed by atoms with Crippen LogP contribution in [0.2, 0.25) is 5.02 Å². The van der Waals surface area contributed by atoms with Crippen molar-refractivity contribution < 1.29 is 13.2 Å². The predicted octanol–water partition coefficient (Wildman–Crippen LogP) is 4.25. The fourth-order valence-corrected chi connectivity index (χ4v) is 2.06. The maximum atomic E-state index is 12.5. The summed E-state index contributed by atoms with van der Waals surface area (Å²) in [5.41, 5.74) is -0.326. The molecular weight excluding hydrogens is 277 g/mol. The smallest absolute Gasteiger partial charge is 0.314 e. The van der Waals surface area contributed by atoms with Gasteiger partial charge in [0.25, 0.3) is 0 Å². The van der Waals surface area contributed by atoms with Gasteiger partial charge in [-0.05, 0) is 26.0 Å². The number of nitrogens with one attached hydrogen (secondary N) is 1. The zero-order chi connectivity index (χ0) is 14.6. The van der Waals surface area contributed by atoms with Crippen LogP contribution in [0.1, 0.15) is 44.4 Å². The van der Waals surface area contributed by atoms with Crippen molar-refractivity contribution in [1.29, 1.82) is 0 Å². The summed E-state index contributed by atoms with van der Waals surface area (Å²) in [6.07, 6.45) is -2.58. The number of rotatable bonds is 5. The Bertz CT molecular complexity index is 421. The Morgan fingerprint density at radius 2 is 2.00 bits per heavy atom. The van der Waals surface area contributed by atoms with Crippen molar-refractivity contribution in [2.75, 3.05) is 6.54 Å². The average molecular weight is 295 g/mol. The first kappa shape index (κ1) is 16.2. The summed E-state index contributed by atoms with van der Waals surface area (Å²) in [6, 6.07) is 1.04. The summed E-state index contributed by atoms with van der Waals surface area (Å²) in [7, 11) is 0. The van der Waals surface area contributed by atoms with E-state index in [9.17, 15) is 13.2 Å². The Morgan fingerprint density at radius 3 is 2.47 bits per heavy atom. The molecule has 0 fully saturated rings. The third kappa shape index (κ3) is 4.35. The van der Waals surface area contributed by atoms with Crippen LogP contribution in [0.15, 0.2) is 12.3 Å². The molecule has 0 aliphatic heterocycles. The quantitative estimate of drug-likeness (QED) is 0.878. The first-order chi connectivity index (χ1) is 8.77. The molecular formula is C13H18ClF3N2. The second kappa shape index (κ2) is 6.57. The van der Waals surface area contributed by atoms with Gasteiger partial charge in [0, 0.05) is 18.2 Å². The van der Waals surface area contributed by atoms with Crippen LogP contribution in [0.5, 0.6) is 0 Å². The minimum atomic E-state index is -4.41. The van der Waals surface area contributed by atoms with E-state index >= 15 is 0 Å². The maximum absolute atomic E-state index is 12.5. The van der Waals surface area contributed by atoms with Gasteiger partial charge >= 0.3 is 6.18 Å². The summed E-state index contributed by atoms with van der Waals surface area (Å²) < 4.78 is 37.5. The molecule has 19 heavy (non-hydrogen) atoms. The van der Waals surface area contributed by atoms with E-state index in [1.165, 1.54) is 0 Å². The molecule has 0 radical (unpaired) electrons. The molecule has 0 spiro atoms. The second-order valence-corrected chi connectivity index (χ2v) is 5.03. The van der Waals surface area contributed by atoms with Gasteiger partial charge in [0.1, 0.15) is 0 Å². The van der Waals surface area contributed by atoms with E-state index < -0.39 is 11.7 Å². The van der Waals surface area contributed by atoms with Gasteiger partial charge in [0.15, 0.2) is 0 Å². The lowest BCUT2D eigenvalue weighted by atomic mass is 9.98. The summed E-state index contributed by atoms with van der Waals surface area (Å²) in [5, 5.41) is 3.34. The molecule has 1 N–H and O–H groups in total. The van der Waals surface area contributed by atoms with Crippen molar-refractivity contribution >= 4 is 11.6 Å². The lowest BCUT2D eigenvalue weighted by Crippen LogP contribution is -2.32. The molecule has 6 heteroatoms. The van der Waals surface area contributed by atoms with Gasteiger partial charge in [-0.25, -0.2) is 0 Å². The maximum Gasteiger partial charge on any atom is 0.417 e. The van der Waals surface area contributed by atoms with Crippen LogP contribution in [-0.2, 0) is 6.18 Å². The number of nitrogens with zero attached hydrogens (tertiary/aromatic N) is 1. The number of hydrogen-bond donors (Lipinski definition) is 1. The molecule has 2 unspecified atom stereocenters. The molecule has 108 valence electrons. The van der Waals surface area contributed by atoms with Crippen LogP contribution in [-0.4, -0.2) is 17.6 Å². The summed E-state index contributed by atoms with van der Waals surface area (Å²) in [6.45, 7) is 6.77. The fraction of sp³-hybridized carbons (Fsp3) is 0.615. The Labute approximate surface area is 116 Å². The minimum Gasteiger partial charge on any atom is -0.314 e. The van der Waals surface area contributed by atoms with Gasteiger partial charge < -0.3 is 5.32 Å². The molecule has 2 atom stereocenters. The predicted molar refractivity (Wildman–Crippen MR) is 70.4 cm³/mol. The van der Waals surface area contributed by atoms with E-state index in [-0.39, 0.29) is 17.0 Å². The fourth-order valence-electron chi connectivity index (χ4n) is 1.72. The SMILES string of the molecule is CCCNC(C)C(C)c1ncc(C(F)(F)F)cc1Cl. The first-order valence-corrected chi connectivity index (χ1v) is 6.61. The molecule has 1 aromatic rings. The van der Waals surface area contributed by atoms with Crippen molar-refractivity contribution in [3.05, 3.63) is 28.5 Å². The van der Waals surface area contributed by atoms with Crippen LogP contribution in [0.25, 0.3) is 0 Å². The first-order valence-electron chi connectivity index (χ1n) is 6.23. The number of pyridine rings is 1. The molecule has 0 aromatic carbocycles. The molecule has 0 amide bonds. The highest BCUT2D eigenvalue weighted by atomic mass is 35.5. The number of alkyl halides is 3. The molecule has 1 rings (SSSR count). The standard InChI is InChI=1S/C13H18ClF3N2/c1-4-5-18-9(3)8(2)12-11(14)6-10(7-19-12)13(15,16)17/h6-9,18H,4-5H2,1-3H3. The Kier molecular flexibility index (Phi) is 5.62. The number of halogens is 4. The van der Waals surface area contributed by atoms with Crippen molar-refractivity contribution in [3.63, 3.8) is 0 Å². The van der Waals surface area contributed by atoms with E-state index in [1.54, 1.807) is 0 Å². The van der Waals surface area contributed by atoms with Gasteiger partial charge in [0.2, 0.25) is 0 Å². The third-order valence-corrected chi connectivity index (χ3v) is 3.40. The Balaban J connectivity index is 2.90. The summed E-state index contributed by atoms with van der Waals surface area (Å²) in [4.78, 5) is 3.88. The van der Waals surface area contributed by atoms with Gasteiger partial charge in [0.05, 0.1) is 16.3 Å². The molecule has 0 saturated carbocycles. The minimum absolute atomic E-state index is 0.0543. The van der Waals surface area contributed by atoms with Gasteiger partial charge in [-0.3, -0.25) is 4.98 Å². The summed E-state index contributed by atoms with van der Waals surface area (Å²) >= 11 is 5.92. The zero-order valence-electron chi connectivity index (χ0n) is 11.2. The largest absolute Gasteiger partial charge is 0.417 e. The van der Waals surface area contributed by atoms with E-state index in [2.05, 4.69) is 10.3 Å². The van der Waals surface area contributed by atoms with Crippen LogP contribution in [0, 0.1) is 0 Å². The highest BCUT2D eigenvalue weighted by Gasteiger charge is 2.32. The molecule has 1 heterocycles. The van der Waals surface area contributed by atoms with Gasteiger partial charge in [-0.2, -0.15) is 13.2 Å². The van der Waals surface area contributed by atoms with Crippen molar-refractivity contribution in [2.24, 2.45) is 0 Å². The zero-order valence-corrected chi connectivity index (χ0v) is 11.9. The average Bonchev–Trinajstić information content (AvgIpc) is 2.33. The van der Waals surface area contributed by atoms with Crippen LogP contribution in [0.4, 0.5) is 13.2 Å². The normalized spacial score (nSPS) is 15.3. The molecule has 0 aliphatic rings. The van der Waals surface area contributed by atoms with Crippen LogP contribution in [0.3, 0.4) is 0 Å². The van der Waals surface area contributed by atoms with Gasteiger partial charge in [-0.1, -0.05) is 25.4 Å². The van der Waals surface area contributed by atoms with Crippen LogP contribution >= 0.6 is 11.6 Å².